The van der Waals surface area contributed by atoms with E-state index in [-0.39, 0.29) is 0 Å². The Hall–Kier alpha value is -0.980. The van der Waals surface area contributed by atoms with E-state index in [1.807, 2.05) is 6.26 Å². The van der Waals surface area contributed by atoms with Gasteiger partial charge < -0.3 is 4.42 Å². The average molecular weight is 206 g/mol. The van der Waals surface area contributed by atoms with E-state index < -0.39 is 0 Å². The van der Waals surface area contributed by atoms with Crippen molar-refractivity contribution < 1.29 is 4.42 Å². The summed E-state index contributed by atoms with van der Waals surface area (Å²) in [7, 11) is 0. The number of hydrogen-bond acceptors (Lipinski definition) is 1. The molecule has 15 heavy (non-hydrogen) atoms. The summed E-state index contributed by atoms with van der Waals surface area (Å²) in [6, 6.07) is 2.17. The molecule has 1 atom stereocenters. The highest BCUT2D eigenvalue weighted by Gasteiger charge is 2.20. The highest BCUT2D eigenvalue weighted by molar-refractivity contribution is 5.25. The molecule has 0 aliphatic carbocycles. The molecule has 1 rings (SSSR count). The molecular weight excluding hydrogens is 184 g/mol. The molecule has 0 unspecified atom stereocenters. The number of allylic oxidation sites excluding steroid dienone is 1. The number of rotatable bonds is 4. The largest absolute Gasteiger partial charge is 0.468 e. The van der Waals surface area contributed by atoms with Crippen molar-refractivity contribution in [2.75, 3.05) is 0 Å². The Balaban J connectivity index is 2.97. The Morgan fingerprint density at radius 2 is 1.87 bits per heavy atom. The first-order valence-electron chi connectivity index (χ1n) is 5.67. The molecule has 0 aliphatic rings. The topological polar surface area (TPSA) is 13.1 Å². The zero-order chi connectivity index (χ0) is 11.6. The number of furan rings is 1. The predicted octanol–water partition coefficient (Wildman–Crippen LogP) is 4.72. The lowest BCUT2D eigenvalue weighted by atomic mass is 9.87. The van der Waals surface area contributed by atoms with Crippen molar-refractivity contribution in [2.45, 2.75) is 46.5 Å². The van der Waals surface area contributed by atoms with Crippen LogP contribution in [-0.4, -0.2) is 0 Å². The SMILES string of the molecule is C=C(C)[C@H](c1cc(C(C)C)co1)C(C)C. The van der Waals surface area contributed by atoms with E-state index in [9.17, 15) is 0 Å². The lowest BCUT2D eigenvalue weighted by Crippen LogP contribution is -2.06. The van der Waals surface area contributed by atoms with Gasteiger partial charge in [-0.25, -0.2) is 0 Å². The van der Waals surface area contributed by atoms with Gasteiger partial charge in [0.25, 0.3) is 0 Å². The molecular formula is C14H22O. The second-order valence-corrected chi connectivity index (χ2v) is 5.01. The lowest BCUT2D eigenvalue weighted by Gasteiger charge is -2.18. The molecule has 0 amide bonds. The van der Waals surface area contributed by atoms with E-state index in [4.69, 9.17) is 4.42 Å². The minimum Gasteiger partial charge on any atom is -0.468 e. The molecule has 0 saturated carbocycles. The van der Waals surface area contributed by atoms with Crippen LogP contribution in [0.2, 0.25) is 0 Å². The maximum atomic E-state index is 5.65. The smallest absolute Gasteiger partial charge is 0.111 e. The molecule has 1 nitrogen and oxygen atoms in total. The summed E-state index contributed by atoms with van der Waals surface area (Å²) in [5, 5.41) is 0. The van der Waals surface area contributed by atoms with E-state index >= 15 is 0 Å². The Morgan fingerprint density at radius 3 is 2.20 bits per heavy atom. The molecule has 1 aromatic heterocycles. The molecule has 0 radical (unpaired) electrons. The maximum Gasteiger partial charge on any atom is 0.111 e. The Labute approximate surface area is 93.2 Å². The second kappa shape index (κ2) is 4.69. The Morgan fingerprint density at radius 1 is 1.27 bits per heavy atom. The van der Waals surface area contributed by atoms with Crippen LogP contribution < -0.4 is 0 Å². The summed E-state index contributed by atoms with van der Waals surface area (Å²) in [6.45, 7) is 14.9. The van der Waals surface area contributed by atoms with Crippen LogP contribution in [0.3, 0.4) is 0 Å². The molecule has 0 bridgehead atoms. The van der Waals surface area contributed by atoms with Crippen LogP contribution in [0.1, 0.15) is 57.8 Å². The first-order valence-corrected chi connectivity index (χ1v) is 5.67. The van der Waals surface area contributed by atoms with Gasteiger partial charge in [0.15, 0.2) is 0 Å². The zero-order valence-corrected chi connectivity index (χ0v) is 10.5. The van der Waals surface area contributed by atoms with E-state index in [1.54, 1.807) is 0 Å². The number of hydrogen-bond donors (Lipinski definition) is 0. The van der Waals surface area contributed by atoms with Gasteiger partial charge in [0.05, 0.1) is 6.26 Å². The van der Waals surface area contributed by atoms with Crippen LogP contribution in [0.15, 0.2) is 28.9 Å². The molecule has 84 valence electrons. The van der Waals surface area contributed by atoms with E-state index in [1.165, 1.54) is 11.1 Å². The maximum absolute atomic E-state index is 5.65. The molecule has 0 aliphatic heterocycles. The van der Waals surface area contributed by atoms with Crippen LogP contribution in [0.25, 0.3) is 0 Å². The minimum absolute atomic E-state index is 0.345. The molecule has 0 aromatic carbocycles. The fourth-order valence-corrected chi connectivity index (χ4v) is 1.97. The second-order valence-electron chi connectivity index (χ2n) is 5.01. The molecule has 1 aromatic rings. The van der Waals surface area contributed by atoms with Crippen LogP contribution in [-0.2, 0) is 0 Å². The summed E-state index contributed by atoms with van der Waals surface area (Å²) in [5.74, 6) is 2.47. The van der Waals surface area contributed by atoms with Crippen molar-refractivity contribution in [2.24, 2.45) is 5.92 Å². The van der Waals surface area contributed by atoms with Gasteiger partial charge >= 0.3 is 0 Å². The predicted molar refractivity (Wildman–Crippen MR) is 65.2 cm³/mol. The van der Waals surface area contributed by atoms with Gasteiger partial charge in [-0.3, -0.25) is 0 Å². The van der Waals surface area contributed by atoms with Crippen molar-refractivity contribution in [1.82, 2.24) is 0 Å². The van der Waals surface area contributed by atoms with Crippen LogP contribution in [0.4, 0.5) is 0 Å². The molecule has 1 heteroatoms. The van der Waals surface area contributed by atoms with Crippen molar-refractivity contribution in [3.05, 3.63) is 35.8 Å². The average Bonchev–Trinajstić information content (AvgIpc) is 2.51. The highest BCUT2D eigenvalue weighted by Crippen LogP contribution is 2.33. The van der Waals surface area contributed by atoms with E-state index in [2.05, 4.69) is 47.3 Å². The van der Waals surface area contributed by atoms with Gasteiger partial charge in [-0.2, -0.15) is 0 Å². The third kappa shape index (κ3) is 2.74. The molecule has 0 saturated heterocycles. The molecule has 0 spiro atoms. The van der Waals surface area contributed by atoms with Gasteiger partial charge in [-0.05, 0) is 30.4 Å². The summed E-state index contributed by atoms with van der Waals surface area (Å²) in [6.07, 6.45) is 1.87. The van der Waals surface area contributed by atoms with Gasteiger partial charge in [0.2, 0.25) is 0 Å². The first-order chi connectivity index (χ1) is 6.93. The fourth-order valence-electron chi connectivity index (χ4n) is 1.97. The first kappa shape index (κ1) is 12.1. The van der Waals surface area contributed by atoms with E-state index in [0.29, 0.717) is 17.8 Å². The van der Waals surface area contributed by atoms with Gasteiger partial charge in [-0.1, -0.05) is 39.8 Å². The summed E-state index contributed by atoms with van der Waals surface area (Å²) in [4.78, 5) is 0. The summed E-state index contributed by atoms with van der Waals surface area (Å²) in [5.41, 5.74) is 2.45. The van der Waals surface area contributed by atoms with Crippen molar-refractivity contribution in [3.63, 3.8) is 0 Å². The van der Waals surface area contributed by atoms with Crippen molar-refractivity contribution >= 4 is 0 Å². The summed E-state index contributed by atoms with van der Waals surface area (Å²) >= 11 is 0. The van der Waals surface area contributed by atoms with Gasteiger partial charge in [0, 0.05) is 5.92 Å². The standard InChI is InChI=1S/C14H22O/c1-9(2)12-7-13(15-8-12)14(10(3)4)11(5)6/h7-9,11,14H,3H2,1-2,4-6H3/t14-/m0/s1. The van der Waals surface area contributed by atoms with Crippen LogP contribution in [0, 0.1) is 5.92 Å². The minimum atomic E-state index is 0.345. The van der Waals surface area contributed by atoms with Crippen LogP contribution >= 0.6 is 0 Å². The highest BCUT2D eigenvalue weighted by atomic mass is 16.3. The van der Waals surface area contributed by atoms with E-state index in [0.717, 1.165) is 5.76 Å². The van der Waals surface area contributed by atoms with Crippen molar-refractivity contribution in [1.29, 1.82) is 0 Å². The molecule has 0 fully saturated rings. The third-order valence-electron chi connectivity index (χ3n) is 2.81. The van der Waals surface area contributed by atoms with Crippen LogP contribution in [0.5, 0.6) is 0 Å². The molecule has 0 N–H and O–H groups in total. The van der Waals surface area contributed by atoms with Gasteiger partial charge in [0.1, 0.15) is 5.76 Å². The zero-order valence-electron chi connectivity index (χ0n) is 10.5. The summed E-state index contributed by atoms with van der Waals surface area (Å²) < 4.78 is 5.65. The Kier molecular flexibility index (Phi) is 3.78. The monoisotopic (exact) mass is 206 g/mol. The fraction of sp³-hybridized carbons (Fsp3) is 0.571. The quantitative estimate of drug-likeness (QED) is 0.650. The molecule has 1 heterocycles. The lowest BCUT2D eigenvalue weighted by molar-refractivity contribution is 0.427. The third-order valence-corrected chi connectivity index (χ3v) is 2.81. The Bertz CT molecular complexity index is 331. The van der Waals surface area contributed by atoms with Gasteiger partial charge in [-0.15, -0.1) is 0 Å². The van der Waals surface area contributed by atoms with Crippen molar-refractivity contribution in [3.8, 4) is 0 Å². The normalized spacial score (nSPS) is 13.5.